The van der Waals surface area contributed by atoms with Crippen LogP contribution in [0.2, 0.25) is 0 Å². The van der Waals surface area contributed by atoms with Gasteiger partial charge in [-0.1, -0.05) is 13.0 Å². The highest BCUT2D eigenvalue weighted by molar-refractivity contribution is 7.16. The van der Waals surface area contributed by atoms with Gasteiger partial charge in [0.1, 0.15) is 11.1 Å². The van der Waals surface area contributed by atoms with Crippen molar-refractivity contribution in [3.63, 3.8) is 0 Å². The van der Waals surface area contributed by atoms with Gasteiger partial charge >= 0.3 is 6.09 Å². The predicted molar refractivity (Wildman–Crippen MR) is 128 cm³/mol. The maximum absolute atomic E-state index is 12.7. The summed E-state index contributed by atoms with van der Waals surface area (Å²) in [5.74, 6) is -0.148. The third-order valence-electron chi connectivity index (χ3n) is 5.79. The summed E-state index contributed by atoms with van der Waals surface area (Å²) in [5, 5.41) is 13.2. The van der Waals surface area contributed by atoms with Crippen molar-refractivity contribution >= 4 is 28.3 Å². The zero-order valence-corrected chi connectivity index (χ0v) is 19.7. The molecular formula is C25H25N5O3S. The van der Waals surface area contributed by atoms with Gasteiger partial charge in [-0.15, -0.1) is 11.3 Å². The van der Waals surface area contributed by atoms with Crippen LogP contribution in [0.3, 0.4) is 0 Å². The van der Waals surface area contributed by atoms with Gasteiger partial charge in [-0.25, -0.2) is 4.79 Å². The lowest BCUT2D eigenvalue weighted by Crippen LogP contribution is -2.36. The molecule has 0 saturated heterocycles. The predicted octanol–water partition coefficient (Wildman–Crippen LogP) is 4.28. The number of fused-ring (bicyclic) bond motifs is 1. The zero-order valence-electron chi connectivity index (χ0n) is 18.9. The number of aromatic nitrogens is 2. The molecule has 4 rings (SSSR count). The first-order chi connectivity index (χ1) is 16.5. The number of amides is 2. The Balaban J connectivity index is 1.35. The van der Waals surface area contributed by atoms with Crippen LogP contribution in [-0.4, -0.2) is 40.0 Å². The maximum atomic E-state index is 12.7. The first kappa shape index (κ1) is 23.4. The van der Waals surface area contributed by atoms with E-state index in [9.17, 15) is 14.9 Å². The molecule has 0 fully saturated rings. The first-order valence-corrected chi connectivity index (χ1v) is 11.9. The minimum absolute atomic E-state index is 0.00577. The van der Waals surface area contributed by atoms with Gasteiger partial charge in [0.2, 0.25) is 5.91 Å². The van der Waals surface area contributed by atoms with Crippen molar-refractivity contribution < 1.29 is 14.3 Å². The molecule has 1 atom stereocenters. The summed E-state index contributed by atoms with van der Waals surface area (Å²) in [6.07, 6.45) is 7.97. The van der Waals surface area contributed by atoms with Crippen LogP contribution in [0, 0.1) is 11.3 Å². The van der Waals surface area contributed by atoms with Gasteiger partial charge in [0.15, 0.2) is 0 Å². The van der Waals surface area contributed by atoms with Gasteiger partial charge in [0.25, 0.3) is 0 Å². The minimum atomic E-state index is -0.373. The summed E-state index contributed by atoms with van der Waals surface area (Å²) in [4.78, 5) is 35.8. The highest BCUT2D eigenvalue weighted by Gasteiger charge is 2.28. The number of anilines is 1. The molecule has 4 heterocycles. The van der Waals surface area contributed by atoms with E-state index in [1.54, 1.807) is 29.7 Å². The Morgan fingerprint density at radius 1 is 1.26 bits per heavy atom. The van der Waals surface area contributed by atoms with Crippen LogP contribution in [0.4, 0.5) is 9.80 Å². The van der Waals surface area contributed by atoms with Crippen LogP contribution in [0.1, 0.15) is 46.4 Å². The Morgan fingerprint density at radius 3 is 2.82 bits per heavy atom. The van der Waals surface area contributed by atoms with E-state index < -0.39 is 0 Å². The normalized spacial score (nSPS) is 13.5. The molecule has 0 bridgehead atoms. The van der Waals surface area contributed by atoms with E-state index in [2.05, 4.69) is 21.4 Å². The van der Waals surface area contributed by atoms with Crippen molar-refractivity contribution in [2.75, 3.05) is 18.5 Å². The molecule has 9 heteroatoms. The van der Waals surface area contributed by atoms with Gasteiger partial charge in [-0.05, 0) is 47.2 Å². The molecular weight excluding hydrogens is 450 g/mol. The van der Waals surface area contributed by atoms with Crippen molar-refractivity contribution in [3.05, 3.63) is 76.2 Å². The second-order valence-corrected chi connectivity index (χ2v) is 9.26. The van der Waals surface area contributed by atoms with Crippen LogP contribution in [0.25, 0.3) is 0 Å². The lowest BCUT2D eigenvalue weighted by Gasteiger charge is -2.26. The number of thiophene rings is 1. The van der Waals surface area contributed by atoms with E-state index in [0.717, 1.165) is 21.6 Å². The molecule has 2 amide bonds. The smallest absolute Gasteiger partial charge is 0.410 e. The summed E-state index contributed by atoms with van der Waals surface area (Å²) in [6, 6.07) is 9.81. The van der Waals surface area contributed by atoms with Gasteiger partial charge in [0, 0.05) is 49.1 Å². The Hall–Kier alpha value is -3.77. The molecule has 0 spiro atoms. The Bertz CT molecular complexity index is 1190. The van der Waals surface area contributed by atoms with Crippen LogP contribution < -0.4 is 5.32 Å². The molecule has 0 saturated carbocycles. The van der Waals surface area contributed by atoms with Crippen LogP contribution in [0.15, 0.2) is 49.1 Å². The SMILES string of the molecule is C[C@@H](CC(=O)Nc1sc2c(c1C#N)CCN(C(=O)OCCc1ccncc1)C2)c1cccnc1. The third kappa shape index (κ3) is 5.58. The average molecular weight is 476 g/mol. The number of hydrogen-bond donors (Lipinski definition) is 1. The first-order valence-electron chi connectivity index (χ1n) is 11.1. The molecule has 34 heavy (non-hydrogen) atoms. The van der Waals surface area contributed by atoms with E-state index in [4.69, 9.17) is 4.74 Å². The van der Waals surface area contributed by atoms with E-state index >= 15 is 0 Å². The standard InChI is InChI=1S/C25H25N5O3S/c1-17(19-3-2-8-28-15-19)13-23(31)29-24-21(14-26)20-6-11-30(16-22(20)34-24)25(32)33-12-7-18-4-9-27-10-5-18/h2-5,8-10,15,17H,6-7,11-13,16H2,1H3,(H,29,31)/t17-/m0/s1. The topological polar surface area (TPSA) is 108 Å². The van der Waals surface area contributed by atoms with Crippen molar-refractivity contribution in [3.8, 4) is 6.07 Å². The fourth-order valence-electron chi connectivity index (χ4n) is 3.90. The number of hydrogen-bond acceptors (Lipinski definition) is 7. The average Bonchev–Trinajstić information content (AvgIpc) is 3.20. The number of pyridine rings is 2. The van der Waals surface area contributed by atoms with Crippen LogP contribution >= 0.6 is 11.3 Å². The van der Waals surface area contributed by atoms with E-state index in [-0.39, 0.29) is 30.9 Å². The van der Waals surface area contributed by atoms with Crippen molar-refractivity contribution in [1.82, 2.24) is 14.9 Å². The Morgan fingerprint density at radius 2 is 2.09 bits per heavy atom. The van der Waals surface area contributed by atoms with Gasteiger partial charge in [-0.2, -0.15) is 5.26 Å². The number of nitrogens with zero attached hydrogens (tertiary/aromatic N) is 4. The van der Waals surface area contributed by atoms with Crippen molar-refractivity contribution in [2.45, 2.75) is 38.6 Å². The highest BCUT2D eigenvalue weighted by atomic mass is 32.1. The molecule has 0 aromatic carbocycles. The Kier molecular flexibility index (Phi) is 7.50. The number of nitriles is 1. The Labute approximate surface area is 202 Å². The summed E-state index contributed by atoms with van der Waals surface area (Å²) in [7, 11) is 0. The van der Waals surface area contributed by atoms with Crippen LogP contribution in [-0.2, 0) is 28.9 Å². The van der Waals surface area contributed by atoms with Crippen molar-refractivity contribution in [1.29, 1.82) is 5.26 Å². The van der Waals surface area contributed by atoms with E-state index in [1.165, 1.54) is 11.3 Å². The third-order valence-corrected chi connectivity index (χ3v) is 6.92. The van der Waals surface area contributed by atoms with Crippen LogP contribution in [0.5, 0.6) is 0 Å². The van der Waals surface area contributed by atoms with E-state index in [1.807, 2.05) is 31.2 Å². The molecule has 1 N–H and O–H groups in total. The van der Waals surface area contributed by atoms with Gasteiger partial charge in [0.05, 0.1) is 18.7 Å². The summed E-state index contributed by atoms with van der Waals surface area (Å²) >= 11 is 1.36. The highest BCUT2D eigenvalue weighted by Crippen LogP contribution is 2.37. The largest absolute Gasteiger partial charge is 0.449 e. The molecule has 174 valence electrons. The summed E-state index contributed by atoms with van der Waals surface area (Å²) in [6.45, 7) is 3.10. The van der Waals surface area contributed by atoms with E-state index in [0.29, 0.717) is 36.5 Å². The molecule has 0 radical (unpaired) electrons. The molecule has 1 aliphatic rings. The van der Waals surface area contributed by atoms with Gasteiger partial charge < -0.3 is 15.0 Å². The number of rotatable bonds is 7. The summed E-state index contributed by atoms with van der Waals surface area (Å²) in [5.41, 5.74) is 3.44. The summed E-state index contributed by atoms with van der Waals surface area (Å²) < 4.78 is 5.45. The molecule has 8 nitrogen and oxygen atoms in total. The fraction of sp³-hybridized carbons (Fsp3) is 0.320. The number of nitrogens with one attached hydrogen (secondary N) is 1. The monoisotopic (exact) mass is 475 g/mol. The molecule has 0 unspecified atom stereocenters. The lowest BCUT2D eigenvalue weighted by atomic mass is 9.99. The zero-order chi connectivity index (χ0) is 23.9. The number of carbonyl (C=O) groups is 2. The molecule has 3 aromatic heterocycles. The molecule has 3 aromatic rings. The van der Waals surface area contributed by atoms with Crippen molar-refractivity contribution in [2.24, 2.45) is 0 Å². The maximum Gasteiger partial charge on any atom is 0.410 e. The number of ether oxygens (including phenoxy) is 1. The van der Waals surface area contributed by atoms with Gasteiger partial charge in [-0.3, -0.25) is 14.8 Å². The molecule has 0 aliphatic carbocycles. The fourth-order valence-corrected chi connectivity index (χ4v) is 5.13. The number of carbonyl (C=O) groups excluding carboxylic acids is 2. The minimum Gasteiger partial charge on any atom is -0.449 e. The molecule has 1 aliphatic heterocycles. The second-order valence-electron chi connectivity index (χ2n) is 8.15. The second kappa shape index (κ2) is 10.9. The lowest BCUT2D eigenvalue weighted by molar-refractivity contribution is -0.116. The quantitative estimate of drug-likeness (QED) is 0.546.